The van der Waals surface area contributed by atoms with E-state index in [-0.39, 0.29) is 30.9 Å². The van der Waals surface area contributed by atoms with E-state index in [1.165, 1.54) is 77.0 Å². The third kappa shape index (κ3) is 42.9. The first-order valence-electron chi connectivity index (χ1n) is 24.8. The first kappa shape index (κ1) is 58.3. The number of rotatable bonds is 44. The van der Waals surface area contributed by atoms with Gasteiger partial charge >= 0.3 is 11.9 Å². The molecule has 0 aliphatic rings. The van der Waals surface area contributed by atoms with Crippen LogP contribution in [0.2, 0.25) is 0 Å². The van der Waals surface area contributed by atoms with Gasteiger partial charge in [0.2, 0.25) is 11.8 Å². The number of allylic oxidation sites excluding steroid dienone is 12. The van der Waals surface area contributed by atoms with Gasteiger partial charge in [0, 0.05) is 12.8 Å². The maximum Gasteiger partial charge on any atom is 0.328 e. The highest BCUT2D eigenvalue weighted by molar-refractivity contribution is 5.87. The number of hydrogen-bond donors (Lipinski definition) is 4. The SMILES string of the molecule is CC/C=C\C/C=C\C/C=C\C/C=C\CCCCC(CCCCCCCC(=O)NCC(=O)NC(CO)C(=O)O)OC(=O)CCCCCCCCCCC/C=C\C/C=C\CCCCC. The summed E-state index contributed by atoms with van der Waals surface area (Å²) in [4.78, 5) is 47.8. The lowest BCUT2D eigenvalue weighted by molar-refractivity contribution is -0.150. The van der Waals surface area contributed by atoms with Gasteiger partial charge in [-0.25, -0.2) is 4.79 Å². The summed E-state index contributed by atoms with van der Waals surface area (Å²) in [6, 6.07) is -1.39. The predicted octanol–water partition coefficient (Wildman–Crippen LogP) is 13.0. The minimum atomic E-state index is -1.39. The molecule has 2 amide bonds. The molecule has 0 heterocycles. The van der Waals surface area contributed by atoms with Crippen molar-refractivity contribution in [1.29, 1.82) is 0 Å². The lowest BCUT2D eigenvalue weighted by Crippen LogP contribution is -2.47. The van der Waals surface area contributed by atoms with Crippen LogP contribution in [0.4, 0.5) is 0 Å². The van der Waals surface area contributed by atoms with Crippen molar-refractivity contribution in [2.75, 3.05) is 13.2 Å². The van der Waals surface area contributed by atoms with Crippen LogP contribution in [0.1, 0.15) is 213 Å². The van der Waals surface area contributed by atoms with Gasteiger partial charge in [0.15, 0.2) is 0 Å². The van der Waals surface area contributed by atoms with Crippen LogP contribution in [-0.2, 0) is 23.9 Å². The zero-order valence-electron chi connectivity index (χ0n) is 39.4. The van der Waals surface area contributed by atoms with Crippen LogP contribution in [0, 0.1) is 0 Å². The van der Waals surface area contributed by atoms with Crippen molar-refractivity contribution >= 4 is 23.8 Å². The van der Waals surface area contributed by atoms with Crippen molar-refractivity contribution in [3.8, 4) is 0 Å². The molecule has 0 spiro atoms. The maximum absolute atomic E-state index is 12.9. The lowest BCUT2D eigenvalue weighted by atomic mass is 10.0. The van der Waals surface area contributed by atoms with Crippen LogP contribution in [0.5, 0.6) is 0 Å². The first-order chi connectivity index (χ1) is 30.3. The van der Waals surface area contributed by atoms with Gasteiger partial charge in [0.05, 0.1) is 13.2 Å². The number of unbranched alkanes of at least 4 members (excludes halogenated alkanes) is 18. The van der Waals surface area contributed by atoms with Crippen LogP contribution in [0.25, 0.3) is 0 Å². The Balaban J connectivity index is 4.39. The van der Waals surface area contributed by atoms with Crippen molar-refractivity contribution in [2.24, 2.45) is 0 Å². The number of ether oxygens (including phenoxy) is 1. The fraction of sp³-hybridized carbons (Fsp3) is 0.698. The largest absolute Gasteiger partial charge is 0.480 e. The highest BCUT2D eigenvalue weighted by Gasteiger charge is 2.19. The van der Waals surface area contributed by atoms with Crippen LogP contribution in [-0.4, -0.2) is 59.3 Å². The number of amides is 2. The monoisotopic (exact) mass is 867 g/mol. The third-order valence-electron chi connectivity index (χ3n) is 10.7. The molecular weight excluding hydrogens is 777 g/mol. The smallest absolute Gasteiger partial charge is 0.328 e. The molecule has 354 valence electrons. The van der Waals surface area contributed by atoms with Gasteiger partial charge in [-0.05, 0) is 109 Å². The molecule has 0 aliphatic heterocycles. The Labute approximate surface area is 378 Å². The summed E-state index contributed by atoms with van der Waals surface area (Å²) in [6.07, 6.45) is 59.3. The number of carboxylic acids is 1. The predicted molar refractivity (Wildman–Crippen MR) is 259 cm³/mol. The number of aliphatic hydroxyl groups is 1. The minimum absolute atomic E-state index is 0.0592. The van der Waals surface area contributed by atoms with Crippen LogP contribution >= 0.6 is 0 Å². The second kappa shape index (κ2) is 46.8. The first-order valence-corrected chi connectivity index (χ1v) is 24.8. The lowest BCUT2D eigenvalue weighted by Gasteiger charge is -2.18. The van der Waals surface area contributed by atoms with E-state index in [1.54, 1.807) is 0 Å². The molecule has 0 bridgehead atoms. The fourth-order valence-electron chi connectivity index (χ4n) is 6.91. The number of aliphatic carboxylic acids is 1. The summed E-state index contributed by atoms with van der Waals surface area (Å²) >= 11 is 0. The van der Waals surface area contributed by atoms with E-state index < -0.39 is 24.5 Å². The summed E-state index contributed by atoms with van der Waals surface area (Å²) in [6.45, 7) is 3.34. The summed E-state index contributed by atoms with van der Waals surface area (Å²) in [5.41, 5.74) is 0. The Bertz CT molecular complexity index is 1270. The van der Waals surface area contributed by atoms with Crippen LogP contribution in [0.3, 0.4) is 0 Å². The Morgan fingerprint density at radius 1 is 0.500 bits per heavy atom. The Morgan fingerprint density at radius 2 is 0.919 bits per heavy atom. The normalized spacial score (nSPS) is 13.1. The number of carbonyl (C=O) groups excluding carboxylic acids is 3. The van der Waals surface area contributed by atoms with E-state index in [0.717, 1.165) is 103 Å². The van der Waals surface area contributed by atoms with Crippen LogP contribution < -0.4 is 10.6 Å². The highest BCUT2D eigenvalue weighted by Crippen LogP contribution is 2.18. The molecule has 62 heavy (non-hydrogen) atoms. The highest BCUT2D eigenvalue weighted by atomic mass is 16.5. The van der Waals surface area contributed by atoms with Crippen molar-refractivity contribution in [1.82, 2.24) is 10.6 Å². The maximum atomic E-state index is 12.9. The zero-order valence-corrected chi connectivity index (χ0v) is 39.4. The summed E-state index contributed by atoms with van der Waals surface area (Å²) < 4.78 is 6.04. The average Bonchev–Trinajstić information content (AvgIpc) is 3.26. The Hall–Kier alpha value is -3.72. The molecule has 0 saturated carbocycles. The molecule has 0 aromatic carbocycles. The topological polar surface area (TPSA) is 142 Å². The number of hydrogen-bond acceptors (Lipinski definition) is 6. The molecule has 0 rings (SSSR count). The van der Waals surface area contributed by atoms with Gasteiger partial charge in [0.25, 0.3) is 0 Å². The fourth-order valence-corrected chi connectivity index (χ4v) is 6.91. The molecule has 0 aliphatic carbocycles. The van der Waals surface area contributed by atoms with Gasteiger partial charge < -0.3 is 25.6 Å². The van der Waals surface area contributed by atoms with Crippen molar-refractivity contribution < 1.29 is 34.1 Å². The number of esters is 1. The Morgan fingerprint density at radius 3 is 1.42 bits per heavy atom. The van der Waals surface area contributed by atoms with Gasteiger partial charge in [-0.2, -0.15) is 0 Å². The number of carbonyl (C=O) groups is 4. The van der Waals surface area contributed by atoms with Gasteiger partial charge in [0.1, 0.15) is 12.1 Å². The standard InChI is InChI=1S/C53H90N2O7/c1-3-5-7-9-11-13-15-17-19-20-21-22-24-26-28-30-32-37-41-45-52(59)62-48(42-38-34-31-29-27-25-23-18-16-14-12-10-8-6-4-2)43-39-35-33-36-40-44-50(57)54-46-51(58)55-49(47-56)53(60)61/h6,8,11-14,17-19,23,27,29,48-49,56H,3-5,7,9-10,15-16,20-22,24-26,28,30-47H2,1-2H3,(H,54,57)(H,55,58)(H,60,61)/b8-6-,13-11-,14-12-,19-17-,23-18-,29-27-. The molecule has 0 radical (unpaired) electrons. The van der Waals surface area contributed by atoms with E-state index in [4.69, 9.17) is 14.9 Å². The molecule has 2 unspecified atom stereocenters. The molecule has 0 fully saturated rings. The molecule has 0 aromatic heterocycles. The summed E-state index contributed by atoms with van der Waals surface area (Å²) in [7, 11) is 0. The van der Waals surface area contributed by atoms with E-state index in [1.807, 2.05) is 0 Å². The van der Waals surface area contributed by atoms with Gasteiger partial charge in [-0.1, -0.05) is 164 Å². The molecular formula is C53H90N2O7. The summed E-state index contributed by atoms with van der Waals surface area (Å²) in [5, 5.41) is 22.6. The van der Waals surface area contributed by atoms with Crippen molar-refractivity contribution in [2.45, 2.75) is 225 Å². The van der Waals surface area contributed by atoms with E-state index >= 15 is 0 Å². The molecule has 2 atom stereocenters. The Kier molecular flexibility index (Phi) is 44.0. The molecule has 0 aromatic rings. The van der Waals surface area contributed by atoms with E-state index in [2.05, 4.69) is 97.4 Å². The minimum Gasteiger partial charge on any atom is -0.480 e. The van der Waals surface area contributed by atoms with Crippen molar-refractivity contribution in [3.63, 3.8) is 0 Å². The van der Waals surface area contributed by atoms with Gasteiger partial charge in [-0.15, -0.1) is 0 Å². The molecule has 0 saturated heterocycles. The number of nitrogens with one attached hydrogen (secondary N) is 2. The van der Waals surface area contributed by atoms with Gasteiger partial charge in [-0.3, -0.25) is 14.4 Å². The quantitative estimate of drug-likeness (QED) is 0.0271. The van der Waals surface area contributed by atoms with Crippen LogP contribution in [0.15, 0.2) is 72.9 Å². The molecule has 9 nitrogen and oxygen atoms in total. The second-order valence-electron chi connectivity index (χ2n) is 16.5. The van der Waals surface area contributed by atoms with E-state index in [0.29, 0.717) is 12.8 Å². The van der Waals surface area contributed by atoms with E-state index in [9.17, 15) is 19.2 Å². The zero-order chi connectivity index (χ0) is 45.4. The number of aliphatic hydroxyl groups excluding tert-OH is 1. The average molecular weight is 867 g/mol. The molecule has 4 N–H and O–H groups in total. The number of carboxylic acid groups (broad SMARTS) is 1. The van der Waals surface area contributed by atoms with Crippen molar-refractivity contribution in [3.05, 3.63) is 72.9 Å². The summed E-state index contributed by atoms with van der Waals surface area (Å²) in [5.74, 6) is -2.33. The molecule has 9 heteroatoms. The third-order valence-corrected chi connectivity index (χ3v) is 10.7. The second-order valence-corrected chi connectivity index (χ2v) is 16.5.